The van der Waals surface area contributed by atoms with Gasteiger partial charge in [0.1, 0.15) is 0 Å². The number of rotatable bonds is 9. The van der Waals surface area contributed by atoms with E-state index in [0.29, 0.717) is 61.7 Å². The quantitative estimate of drug-likeness (QED) is 0.233. The van der Waals surface area contributed by atoms with E-state index in [1.807, 2.05) is 13.8 Å². The van der Waals surface area contributed by atoms with E-state index in [1.165, 1.54) is 4.31 Å². The number of hydrogen-bond donors (Lipinski definition) is 3. The molecule has 1 saturated heterocycles. The highest BCUT2D eigenvalue weighted by molar-refractivity contribution is 7.89. The molecule has 1 aliphatic rings. The fraction of sp³-hybridized carbons (Fsp3) is 0.556. The first-order chi connectivity index (χ1) is 13.4. The van der Waals surface area contributed by atoms with Crippen molar-refractivity contribution in [3.63, 3.8) is 0 Å². The van der Waals surface area contributed by atoms with E-state index in [1.54, 1.807) is 24.3 Å². The first kappa shape index (κ1) is 22.7. The molecule has 0 saturated carbocycles. The molecule has 0 atom stereocenters. The number of nitrogens with one attached hydrogen (secondary N) is 3. The number of piperazine rings is 1. The number of benzene rings is 1. The Balaban J connectivity index is 1.89. The van der Waals surface area contributed by atoms with Gasteiger partial charge < -0.3 is 15.4 Å². The normalized spacial score (nSPS) is 16.0. The molecule has 1 aromatic carbocycles. The van der Waals surface area contributed by atoms with Crippen LogP contribution < -0.4 is 16.1 Å². The molecule has 0 bridgehead atoms. The van der Waals surface area contributed by atoms with Crippen LogP contribution in [0, 0.1) is 0 Å². The smallest absolute Gasteiger partial charge is 0.243 e. The van der Waals surface area contributed by atoms with Gasteiger partial charge >= 0.3 is 0 Å². The maximum Gasteiger partial charge on any atom is 0.243 e. The van der Waals surface area contributed by atoms with Gasteiger partial charge in [-0.05, 0) is 50.2 Å². The summed E-state index contributed by atoms with van der Waals surface area (Å²) in [7, 11) is -3.45. The molecule has 28 heavy (non-hydrogen) atoms. The molecule has 0 radical (unpaired) electrons. The maximum absolute atomic E-state index is 12.7. The lowest BCUT2D eigenvalue weighted by Gasteiger charge is -2.26. The molecule has 3 N–H and O–H groups in total. The van der Waals surface area contributed by atoms with Crippen molar-refractivity contribution in [3.8, 4) is 0 Å². The zero-order valence-electron chi connectivity index (χ0n) is 16.4. The fourth-order valence-corrected chi connectivity index (χ4v) is 4.25. The highest BCUT2D eigenvalue weighted by Crippen LogP contribution is 2.17. The summed E-state index contributed by atoms with van der Waals surface area (Å²) < 4.78 is 32.1. The van der Waals surface area contributed by atoms with Crippen LogP contribution in [0.25, 0.3) is 0 Å². The molecule has 2 rings (SSSR count). The van der Waals surface area contributed by atoms with Crippen LogP contribution in [0.1, 0.15) is 25.8 Å². The monoisotopic (exact) mass is 427 g/mol. The Morgan fingerprint density at radius 1 is 1.29 bits per heavy atom. The zero-order chi connectivity index (χ0) is 20.4. The van der Waals surface area contributed by atoms with E-state index in [0.717, 1.165) is 12.0 Å². The van der Waals surface area contributed by atoms with Crippen molar-refractivity contribution in [2.45, 2.75) is 25.2 Å². The summed E-state index contributed by atoms with van der Waals surface area (Å²) in [5, 5.41) is 10.9. The van der Waals surface area contributed by atoms with Crippen molar-refractivity contribution in [3.05, 3.63) is 29.8 Å². The summed E-state index contributed by atoms with van der Waals surface area (Å²) in [6.07, 6.45) is 0.862. The van der Waals surface area contributed by atoms with Crippen molar-refractivity contribution in [1.82, 2.24) is 20.4 Å². The van der Waals surface area contributed by atoms with E-state index in [4.69, 9.17) is 17.0 Å². The van der Waals surface area contributed by atoms with Crippen LogP contribution in [0.15, 0.2) is 34.3 Å². The van der Waals surface area contributed by atoms with Crippen molar-refractivity contribution >= 4 is 33.1 Å². The van der Waals surface area contributed by atoms with Crippen molar-refractivity contribution in [2.75, 3.05) is 45.9 Å². The third-order valence-corrected chi connectivity index (χ3v) is 6.41. The average Bonchev–Trinajstić information content (AvgIpc) is 2.72. The van der Waals surface area contributed by atoms with Crippen LogP contribution in [-0.4, -0.2) is 69.5 Å². The molecule has 0 unspecified atom stereocenters. The molecular weight excluding hydrogens is 398 g/mol. The number of hydrazone groups is 1. The lowest BCUT2D eigenvalue weighted by atomic mass is 10.1. The summed E-state index contributed by atoms with van der Waals surface area (Å²) in [6, 6.07) is 6.76. The summed E-state index contributed by atoms with van der Waals surface area (Å²) in [4.78, 5) is 0.297. The summed E-state index contributed by atoms with van der Waals surface area (Å²) in [5.74, 6) is 0. The Bertz CT molecular complexity index is 760. The Labute approximate surface area is 172 Å². The van der Waals surface area contributed by atoms with E-state index in [-0.39, 0.29) is 0 Å². The number of thiocarbonyl (C=S) groups is 1. The van der Waals surface area contributed by atoms with E-state index in [9.17, 15) is 8.42 Å². The van der Waals surface area contributed by atoms with Gasteiger partial charge in [0.05, 0.1) is 10.6 Å². The molecule has 0 amide bonds. The number of ether oxygens (including phenoxy) is 1. The van der Waals surface area contributed by atoms with Gasteiger partial charge in [0.15, 0.2) is 5.11 Å². The number of nitrogens with zero attached hydrogens (tertiary/aromatic N) is 2. The predicted octanol–water partition coefficient (Wildman–Crippen LogP) is 0.895. The molecule has 0 aromatic heterocycles. The van der Waals surface area contributed by atoms with Gasteiger partial charge in [-0.15, -0.1) is 0 Å². The van der Waals surface area contributed by atoms with Gasteiger partial charge in [-0.25, -0.2) is 8.42 Å². The lowest BCUT2D eigenvalue weighted by molar-refractivity contribution is 0.145. The second kappa shape index (κ2) is 11.4. The van der Waals surface area contributed by atoms with Crippen molar-refractivity contribution in [2.24, 2.45) is 5.10 Å². The summed E-state index contributed by atoms with van der Waals surface area (Å²) in [5.41, 5.74) is 4.34. The largest absolute Gasteiger partial charge is 0.382 e. The Morgan fingerprint density at radius 2 is 1.96 bits per heavy atom. The van der Waals surface area contributed by atoms with Gasteiger partial charge in [0.25, 0.3) is 0 Å². The van der Waals surface area contributed by atoms with Gasteiger partial charge in [-0.2, -0.15) is 9.41 Å². The Morgan fingerprint density at radius 3 is 2.61 bits per heavy atom. The van der Waals surface area contributed by atoms with Gasteiger partial charge in [-0.3, -0.25) is 5.43 Å². The first-order valence-corrected chi connectivity index (χ1v) is 11.3. The van der Waals surface area contributed by atoms with Crippen LogP contribution in [0.2, 0.25) is 0 Å². The molecule has 8 nitrogen and oxygen atoms in total. The SMILES string of the molecule is CCOCCCNC(=S)N/N=C(/C)c1ccc(S(=O)(=O)N2CCNCC2)cc1. The Hall–Kier alpha value is -1.59. The van der Waals surface area contributed by atoms with Crippen LogP contribution in [0.5, 0.6) is 0 Å². The van der Waals surface area contributed by atoms with Crippen LogP contribution in [0.4, 0.5) is 0 Å². The highest BCUT2D eigenvalue weighted by atomic mass is 32.2. The molecule has 156 valence electrons. The third kappa shape index (κ3) is 6.78. The molecule has 1 fully saturated rings. The molecule has 1 aliphatic heterocycles. The molecule has 1 aromatic rings. The van der Waals surface area contributed by atoms with E-state index < -0.39 is 10.0 Å². The van der Waals surface area contributed by atoms with Crippen LogP contribution >= 0.6 is 12.2 Å². The minimum Gasteiger partial charge on any atom is -0.382 e. The molecular formula is C18H29N5O3S2. The van der Waals surface area contributed by atoms with Gasteiger partial charge in [0.2, 0.25) is 10.0 Å². The molecule has 1 heterocycles. The first-order valence-electron chi connectivity index (χ1n) is 9.42. The second-order valence-electron chi connectivity index (χ2n) is 6.29. The topological polar surface area (TPSA) is 95.1 Å². The molecule has 10 heteroatoms. The average molecular weight is 428 g/mol. The third-order valence-electron chi connectivity index (χ3n) is 4.27. The minimum atomic E-state index is -3.45. The van der Waals surface area contributed by atoms with Crippen LogP contribution in [-0.2, 0) is 14.8 Å². The van der Waals surface area contributed by atoms with E-state index >= 15 is 0 Å². The van der Waals surface area contributed by atoms with Gasteiger partial charge in [0, 0.05) is 45.9 Å². The van der Waals surface area contributed by atoms with Gasteiger partial charge in [-0.1, -0.05) is 12.1 Å². The van der Waals surface area contributed by atoms with E-state index in [2.05, 4.69) is 21.2 Å². The summed E-state index contributed by atoms with van der Waals surface area (Å²) >= 11 is 5.18. The molecule has 0 spiro atoms. The van der Waals surface area contributed by atoms with Crippen LogP contribution in [0.3, 0.4) is 0 Å². The van der Waals surface area contributed by atoms with Crippen molar-refractivity contribution in [1.29, 1.82) is 0 Å². The lowest BCUT2D eigenvalue weighted by Crippen LogP contribution is -2.46. The summed E-state index contributed by atoms with van der Waals surface area (Å²) in [6.45, 7) is 8.24. The number of hydrogen-bond acceptors (Lipinski definition) is 6. The highest BCUT2D eigenvalue weighted by Gasteiger charge is 2.25. The maximum atomic E-state index is 12.7. The second-order valence-corrected chi connectivity index (χ2v) is 8.64. The molecule has 0 aliphatic carbocycles. The van der Waals surface area contributed by atoms with Crippen molar-refractivity contribution < 1.29 is 13.2 Å². The fourth-order valence-electron chi connectivity index (χ4n) is 2.66. The Kier molecular flexibility index (Phi) is 9.26. The minimum absolute atomic E-state index is 0.297. The number of sulfonamides is 1. The standard InChI is InChI=1S/C18H29N5O3S2/c1-3-26-14-4-9-20-18(27)22-21-15(2)16-5-7-17(8-6-16)28(24,25)23-12-10-19-11-13-23/h5-8,19H,3-4,9-14H2,1-2H3,(H2,20,22,27)/b21-15-. The predicted molar refractivity (Wildman–Crippen MR) is 115 cm³/mol. The zero-order valence-corrected chi connectivity index (χ0v) is 18.0.